The van der Waals surface area contributed by atoms with Crippen LogP contribution >= 0.6 is 22.6 Å². The second-order valence-electron chi connectivity index (χ2n) is 4.10. The van der Waals surface area contributed by atoms with Gasteiger partial charge in [-0.3, -0.25) is 9.59 Å². The Morgan fingerprint density at radius 1 is 1.08 bits per heavy atom. The number of carbonyl (C=O) groups excluding carboxylic acids is 2. The molecule has 0 unspecified atom stereocenters. The fourth-order valence-electron chi connectivity index (χ4n) is 2.49. The maximum atomic E-state index is 11.6. The van der Waals surface area contributed by atoms with E-state index in [0.717, 1.165) is 25.7 Å². The molecule has 0 N–H and O–H groups in total. The summed E-state index contributed by atoms with van der Waals surface area (Å²) < 4.78 is 0.671. The molecule has 0 aromatic carbocycles. The van der Waals surface area contributed by atoms with Crippen molar-refractivity contribution in [3.8, 4) is 0 Å². The van der Waals surface area contributed by atoms with E-state index in [4.69, 9.17) is 0 Å². The first kappa shape index (κ1) is 9.62. The first-order valence-corrected chi connectivity index (χ1v) is 6.10. The number of carbonyl (C=O) groups is 2. The Balaban J connectivity index is 2.19. The predicted molar refractivity (Wildman–Crippen MR) is 58.0 cm³/mol. The molecule has 0 amide bonds. The lowest BCUT2D eigenvalue weighted by Crippen LogP contribution is -2.37. The van der Waals surface area contributed by atoms with Crippen molar-refractivity contribution in [3.05, 3.63) is 0 Å². The van der Waals surface area contributed by atoms with E-state index in [2.05, 4.69) is 22.6 Å². The van der Waals surface area contributed by atoms with Gasteiger partial charge in [0.2, 0.25) is 0 Å². The molecule has 0 bridgehead atoms. The normalized spacial score (nSPS) is 28.7. The third-order valence-electron chi connectivity index (χ3n) is 3.42. The average molecular weight is 292 g/mol. The number of hydrogen-bond donors (Lipinski definition) is 0. The van der Waals surface area contributed by atoms with Crippen LogP contribution in [0.1, 0.15) is 38.5 Å². The molecule has 0 atom stereocenters. The Hall–Kier alpha value is 0.0700. The minimum Gasteiger partial charge on any atom is -0.299 e. The smallest absolute Gasteiger partial charge is 0.146 e. The van der Waals surface area contributed by atoms with Gasteiger partial charge in [-0.1, -0.05) is 22.6 Å². The minimum absolute atomic E-state index is 0.223. The first-order chi connectivity index (χ1) is 6.15. The molecular weight excluding hydrogens is 279 g/mol. The largest absolute Gasteiger partial charge is 0.299 e. The average Bonchev–Trinajstić information content (AvgIpc) is 2.39. The Labute approximate surface area is 91.6 Å². The van der Waals surface area contributed by atoms with Crippen LogP contribution in [0.3, 0.4) is 0 Å². The monoisotopic (exact) mass is 292 g/mol. The lowest BCUT2D eigenvalue weighted by molar-refractivity contribution is -0.136. The van der Waals surface area contributed by atoms with Gasteiger partial charge in [-0.15, -0.1) is 0 Å². The van der Waals surface area contributed by atoms with E-state index >= 15 is 0 Å². The van der Waals surface area contributed by atoms with Crippen LogP contribution in [-0.2, 0) is 9.59 Å². The van der Waals surface area contributed by atoms with E-state index in [9.17, 15) is 9.59 Å². The number of hydrogen-bond acceptors (Lipinski definition) is 2. The van der Waals surface area contributed by atoms with Gasteiger partial charge in [-0.25, -0.2) is 0 Å². The van der Waals surface area contributed by atoms with Crippen LogP contribution in [0.2, 0.25) is 0 Å². The molecule has 13 heavy (non-hydrogen) atoms. The van der Waals surface area contributed by atoms with Gasteiger partial charge in [0.25, 0.3) is 0 Å². The van der Waals surface area contributed by atoms with Crippen LogP contribution in [0.25, 0.3) is 0 Å². The summed E-state index contributed by atoms with van der Waals surface area (Å²) in [6, 6.07) is 0. The molecule has 72 valence electrons. The van der Waals surface area contributed by atoms with E-state index in [-0.39, 0.29) is 11.6 Å². The van der Waals surface area contributed by atoms with Gasteiger partial charge in [0, 0.05) is 16.8 Å². The number of ketones is 2. The van der Waals surface area contributed by atoms with Crippen molar-refractivity contribution < 1.29 is 9.59 Å². The lowest BCUT2D eigenvalue weighted by atomic mass is 9.71. The summed E-state index contributed by atoms with van der Waals surface area (Å²) in [7, 11) is 0. The van der Waals surface area contributed by atoms with Crippen LogP contribution in [-0.4, -0.2) is 15.5 Å². The molecule has 2 aliphatic carbocycles. The Morgan fingerprint density at radius 2 is 1.54 bits per heavy atom. The molecule has 1 spiro atoms. The van der Waals surface area contributed by atoms with Crippen LogP contribution in [0.5, 0.6) is 0 Å². The van der Waals surface area contributed by atoms with Crippen molar-refractivity contribution in [2.24, 2.45) is 5.41 Å². The maximum absolute atomic E-state index is 11.6. The number of halogens is 1. The van der Waals surface area contributed by atoms with Crippen molar-refractivity contribution >= 4 is 34.2 Å². The molecule has 2 aliphatic rings. The number of alkyl halides is 1. The number of Topliss-reactive ketones (excluding diaryl/α,β-unsaturated/α-hetero) is 2. The molecule has 0 aromatic heterocycles. The fourth-order valence-corrected chi connectivity index (χ4v) is 3.12. The zero-order chi connectivity index (χ0) is 9.47. The maximum Gasteiger partial charge on any atom is 0.146 e. The van der Waals surface area contributed by atoms with Crippen molar-refractivity contribution in [1.29, 1.82) is 0 Å². The number of rotatable bonds is 0. The Kier molecular flexibility index (Phi) is 2.47. The highest BCUT2D eigenvalue weighted by Gasteiger charge is 2.50. The second kappa shape index (κ2) is 3.33. The summed E-state index contributed by atoms with van der Waals surface area (Å²) in [6.07, 6.45) is 4.72. The summed E-state index contributed by atoms with van der Waals surface area (Å²) in [5.41, 5.74) is -0.512. The summed E-state index contributed by atoms with van der Waals surface area (Å²) in [6.45, 7) is 0. The van der Waals surface area contributed by atoms with E-state index in [0.29, 0.717) is 16.8 Å². The zero-order valence-corrected chi connectivity index (χ0v) is 9.67. The molecule has 0 heterocycles. The van der Waals surface area contributed by atoms with Gasteiger partial charge >= 0.3 is 0 Å². The van der Waals surface area contributed by atoms with Gasteiger partial charge in [0.05, 0.1) is 5.41 Å². The summed E-state index contributed by atoms with van der Waals surface area (Å²) in [5.74, 6) is 0.446. The molecule has 2 nitrogen and oxygen atoms in total. The van der Waals surface area contributed by atoms with Crippen molar-refractivity contribution in [2.45, 2.75) is 42.4 Å². The van der Waals surface area contributed by atoms with Gasteiger partial charge in [0.15, 0.2) is 0 Å². The van der Waals surface area contributed by atoms with Crippen LogP contribution in [0.15, 0.2) is 0 Å². The zero-order valence-electron chi connectivity index (χ0n) is 7.51. The van der Waals surface area contributed by atoms with Crippen molar-refractivity contribution in [3.63, 3.8) is 0 Å². The van der Waals surface area contributed by atoms with Crippen LogP contribution in [0.4, 0.5) is 0 Å². The molecule has 2 saturated carbocycles. The fraction of sp³-hybridized carbons (Fsp3) is 0.800. The SMILES string of the molecule is O=C1CCC(=O)C12CCC(I)CC2. The standard InChI is InChI=1S/C10H13IO2/c11-7-3-5-10(6-4-7)8(12)1-2-9(10)13/h7H,1-6H2. The summed E-state index contributed by atoms with van der Waals surface area (Å²) in [5, 5.41) is 0. The van der Waals surface area contributed by atoms with E-state index in [1.165, 1.54) is 0 Å². The molecular formula is C10H13IO2. The summed E-state index contributed by atoms with van der Waals surface area (Å²) >= 11 is 2.42. The van der Waals surface area contributed by atoms with Gasteiger partial charge < -0.3 is 0 Å². The van der Waals surface area contributed by atoms with Gasteiger partial charge in [-0.05, 0) is 25.7 Å². The van der Waals surface area contributed by atoms with Crippen molar-refractivity contribution in [2.75, 3.05) is 0 Å². The summed E-state index contributed by atoms with van der Waals surface area (Å²) in [4.78, 5) is 23.3. The molecule has 3 heteroatoms. The van der Waals surface area contributed by atoms with E-state index in [1.807, 2.05) is 0 Å². The van der Waals surface area contributed by atoms with Crippen LogP contribution < -0.4 is 0 Å². The molecule has 0 saturated heterocycles. The first-order valence-electron chi connectivity index (χ1n) is 4.86. The third kappa shape index (κ3) is 1.45. The van der Waals surface area contributed by atoms with Crippen molar-refractivity contribution in [1.82, 2.24) is 0 Å². The quantitative estimate of drug-likeness (QED) is 0.390. The van der Waals surface area contributed by atoms with E-state index < -0.39 is 5.41 Å². The Morgan fingerprint density at radius 3 is 2.00 bits per heavy atom. The van der Waals surface area contributed by atoms with Crippen LogP contribution in [0, 0.1) is 5.41 Å². The molecule has 2 fully saturated rings. The predicted octanol–water partition coefficient (Wildman–Crippen LogP) is 2.28. The highest BCUT2D eigenvalue weighted by Crippen LogP contribution is 2.45. The highest BCUT2D eigenvalue weighted by atomic mass is 127. The lowest BCUT2D eigenvalue weighted by Gasteiger charge is -2.32. The highest BCUT2D eigenvalue weighted by molar-refractivity contribution is 14.1. The Bertz CT molecular complexity index is 234. The third-order valence-corrected chi connectivity index (χ3v) is 4.66. The molecule has 2 rings (SSSR count). The van der Waals surface area contributed by atoms with Gasteiger partial charge in [0.1, 0.15) is 11.6 Å². The molecule has 0 aliphatic heterocycles. The minimum atomic E-state index is -0.512. The molecule has 0 aromatic rings. The second-order valence-corrected chi connectivity index (χ2v) is 5.86. The topological polar surface area (TPSA) is 34.1 Å². The van der Waals surface area contributed by atoms with E-state index in [1.54, 1.807) is 0 Å². The van der Waals surface area contributed by atoms with Gasteiger partial charge in [-0.2, -0.15) is 0 Å². The molecule has 0 radical (unpaired) electrons.